The van der Waals surface area contributed by atoms with Crippen molar-refractivity contribution in [3.8, 4) is 0 Å². The number of hydrogen-bond acceptors (Lipinski definition) is 10. The average molecular weight is 777 g/mol. The second kappa shape index (κ2) is 18.4. The first-order valence-corrected chi connectivity index (χ1v) is 19.0. The van der Waals surface area contributed by atoms with E-state index in [0.717, 1.165) is 5.57 Å². The van der Waals surface area contributed by atoms with Gasteiger partial charge in [-0.2, -0.15) is 0 Å². The van der Waals surface area contributed by atoms with Gasteiger partial charge in [0.05, 0.1) is 22.7 Å². The van der Waals surface area contributed by atoms with Crippen LogP contribution in [-0.4, -0.2) is 94.3 Å². The molecule has 56 heavy (non-hydrogen) atoms. The van der Waals surface area contributed by atoms with Crippen LogP contribution in [0.4, 0.5) is 5.69 Å². The molecule has 9 atom stereocenters. The fourth-order valence-corrected chi connectivity index (χ4v) is 7.03. The molecule has 0 saturated carbocycles. The molecule has 1 saturated heterocycles. The fourth-order valence-electron chi connectivity index (χ4n) is 7.03. The summed E-state index contributed by atoms with van der Waals surface area (Å²) in [6.07, 6.45) is 4.63. The number of ether oxygens (including phenoxy) is 3. The monoisotopic (exact) mass is 776 g/mol. The van der Waals surface area contributed by atoms with Crippen molar-refractivity contribution in [1.29, 1.82) is 0 Å². The Morgan fingerprint density at radius 1 is 1.07 bits per heavy atom. The van der Waals surface area contributed by atoms with Gasteiger partial charge in [-0.3, -0.25) is 24.5 Å². The van der Waals surface area contributed by atoms with E-state index in [9.17, 15) is 34.4 Å². The summed E-state index contributed by atoms with van der Waals surface area (Å²) < 4.78 is 17.9. The van der Waals surface area contributed by atoms with Crippen molar-refractivity contribution in [1.82, 2.24) is 15.5 Å². The number of aliphatic hydroxyl groups is 1. The van der Waals surface area contributed by atoms with Gasteiger partial charge in [0.2, 0.25) is 11.8 Å². The highest BCUT2D eigenvalue weighted by Gasteiger charge is 2.61. The van der Waals surface area contributed by atoms with Gasteiger partial charge in [-0.15, -0.1) is 0 Å². The summed E-state index contributed by atoms with van der Waals surface area (Å²) in [6.45, 7) is 11.9. The number of epoxide rings is 1. The Kier molecular flexibility index (Phi) is 14.4. The number of likely N-dealkylation sites (N-methyl/N-ethyl adjacent to an activating group) is 1. The van der Waals surface area contributed by atoms with Gasteiger partial charge in [0.15, 0.2) is 11.6 Å². The van der Waals surface area contributed by atoms with Crippen molar-refractivity contribution < 1.29 is 43.4 Å². The highest BCUT2D eigenvalue weighted by molar-refractivity contribution is 5.96. The zero-order valence-corrected chi connectivity index (χ0v) is 33.7. The molecule has 0 bridgehead atoms. The van der Waals surface area contributed by atoms with E-state index < -0.39 is 76.3 Å². The first kappa shape index (κ1) is 43.8. The summed E-state index contributed by atoms with van der Waals surface area (Å²) in [5.74, 6) is -3.52. The lowest BCUT2D eigenvalue weighted by molar-refractivity contribution is -0.384. The molecule has 304 valence electrons. The number of amides is 3. The molecule has 0 aromatic heterocycles. The molecule has 0 aliphatic carbocycles. The quantitative estimate of drug-likeness (QED) is 0.146. The largest absolute Gasteiger partial charge is 0.455 e. The van der Waals surface area contributed by atoms with Gasteiger partial charge in [0.25, 0.3) is 11.6 Å². The normalized spacial score (nSPS) is 30.6. The number of rotatable bonds is 8. The van der Waals surface area contributed by atoms with Crippen LogP contribution in [0.3, 0.4) is 0 Å². The van der Waals surface area contributed by atoms with Crippen LogP contribution < -0.4 is 10.6 Å². The summed E-state index contributed by atoms with van der Waals surface area (Å²) >= 11 is 0. The molecule has 2 aromatic carbocycles. The molecule has 2 aliphatic rings. The number of nitro benzene ring substituents is 1. The number of nitrogens with zero attached hydrogens (tertiary/aromatic N) is 2. The van der Waals surface area contributed by atoms with Gasteiger partial charge >= 0.3 is 5.97 Å². The maximum Gasteiger partial charge on any atom is 0.332 e. The fraction of sp³-hybridized carbons (Fsp3) is 0.524. The lowest BCUT2D eigenvalue weighted by atomic mass is 9.93. The molecule has 2 heterocycles. The van der Waals surface area contributed by atoms with Gasteiger partial charge in [-0.1, -0.05) is 87.9 Å². The Hall–Kier alpha value is -4.92. The molecule has 14 nitrogen and oxygen atoms in total. The van der Waals surface area contributed by atoms with Gasteiger partial charge in [-0.25, -0.2) is 4.79 Å². The third-order valence-corrected chi connectivity index (χ3v) is 10.8. The highest BCUT2D eigenvalue weighted by Crippen LogP contribution is 2.42. The maximum atomic E-state index is 14.3. The molecular weight excluding hydrogens is 720 g/mol. The molecule has 4 rings (SSSR count). The number of methoxy groups -OCH3 is 1. The van der Waals surface area contributed by atoms with Crippen molar-refractivity contribution in [3.63, 3.8) is 0 Å². The number of nitrogens with one attached hydrogen (secondary N) is 2. The minimum atomic E-state index is -1.83. The van der Waals surface area contributed by atoms with Crippen LogP contribution >= 0.6 is 0 Å². The van der Waals surface area contributed by atoms with Gasteiger partial charge in [-0.05, 0) is 50.3 Å². The second-order valence-electron chi connectivity index (χ2n) is 15.6. The Balaban J connectivity index is 1.81. The maximum absolute atomic E-state index is 14.3. The Morgan fingerprint density at radius 3 is 2.29 bits per heavy atom. The molecule has 0 unspecified atom stereocenters. The number of fused-ring (bicyclic) bond motifs is 1. The van der Waals surface area contributed by atoms with Crippen molar-refractivity contribution in [3.05, 3.63) is 99.6 Å². The lowest BCUT2D eigenvalue weighted by Crippen LogP contribution is -2.61. The second-order valence-corrected chi connectivity index (χ2v) is 15.6. The number of allylic oxidation sites excluding steroid dienone is 2. The van der Waals surface area contributed by atoms with Crippen LogP contribution in [0.1, 0.15) is 78.5 Å². The summed E-state index contributed by atoms with van der Waals surface area (Å²) in [5, 5.41) is 28.1. The molecule has 0 spiro atoms. The van der Waals surface area contributed by atoms with Gasteiger partial charge < -0.3 is 34.9 Å². The number of cyclic esters (lactones) is 1. The van der Waals surface area contributed by atoms with Crippen LogP contribution in [0.25, 0.3) is 0 Å². The minimum absolute atomic E-state index is 0.143. The van der Waals surface area contributed by atoms with Crippen molar-refractivity contribution in [2.75, 3.05) is 14.2 Å². The molecule has 14 heteroatoms. The number of non-ortho nitro benzene ring substituents is 1. The summed E-state index contributed by atoms with van der Waals surface area (Å²) in [6, 6.07) is 10.6. The Bertz CT molecular complexity index is 1790. The molecule has 3 amide bonds. The topological polar surface area (TPSA) is 190 Å². The SMILES string of the molecule is CC[C@H](C)[C@H]1C(=O)N[C@H](Cc2ccc([N+](=O)[O-])cc2)C(=O)N[C@@H](C(C)(C)O)C(=O)O[C@H](c2ccccc2)[C@H](C)/C=C/C=C(\C)[C@H](OC)C[C@@H]2O[C@@]2(C)C(=O)N1C. The molecule has 2 aliphatic heterocycles. The third-order valence-electron chi connectivity index (χ3n) is 10.8. The molecule has 2 aromatic rings. The number of hydrogen-bond donors (Lipinski definition) is 3. The van der Waals surface area contributed by atoms with E-state index >= 15 is 0 Å². The average Bonchev–Trinajstić information content (AvgIpc) is 3.83. The van der Waals surface area contributed by atoms with Crippen molar-refractivity contribution >= 4 is 29.4 Å². The zero-order valence-electron chi connectivity index (χ0n) is 33.7. The van der Waals surface area contributed by atoms with Crippen LogP contribution in [0, 0.1) is 22.0 Å². The molecule has 1 fully saturated rings. The third kappa shape index (κ3) is 10.5. The van der Waals surface area contributed by atoms with Crippen molar-refractivity contribution in [2.24, 2.45) is 11.8 Å². The van der Waals surface area contributed by atoms with E-state index in [0.29, 0.717) is 24.0 Å². The van der Waals surface area contributed by atoms with Crippen LogP contribution in [0.5, 0.6) is 0 Å². The summed E-state index contributed by atoms with van der Waals surface area (Å²) in [4.78, 5) is 68.9. The van der Waals surface area contributed by atoms with Crippen LogP contribution in [-0.2, 0) is 39.8 Å². The number of carbonyl (C=O) groups is 4. The first-order chi connectivity index (χ1) is 26.3. The van der Waals surface area contributed by atoms with E-state index in [-0.39, 0.29) is 23.9 Å². The van der Waals surface area contributed by atoms with Crippen LogP contribution in [0.15, 0.2) is 78.4 Å². The number of esters is 1. The van der Waals surface area contributed by atoms with E-state index in [1.54, 1.807) is 14.0 Å². The smallest absolute Gasteiger partial charge is 0.332 e. The summed E-state index contributed by atoms with van der Waals surface area (Å²) in [5.41, 5.74) is -1.19. The van der Waals surface area contributed by atoms with E-state index in [2.05, 4.69) is 10.6 Å². The number of benzene rings is 2. The first-order valence-electron chi connectivity index (χ1n) is 19.0. The summed E-state index contributed by atoms with van der Waals surface area (Å²) in [7, 11) is 3.11. The molecule has 3 N–H and O–H groups in total. The zero-order chi connectivity index (χ0) is 41.5. The van der Waals surface area contributed by atoms with E-state index in [1.807, 2.05) is 76.3 Å². The lowest BCUT2D eigenvalue weighted by Gasteiger charge is -2.35. The molecular formula is C42H56N4O10. The highest BCUT2D eigenvalue weighted by atomic mass is 16.6. The van der Waals surface area contributed by atoms with Gasteiger partial charge in [0, 0.05) is 45.0 Å². The molecule has 0 radical (unpaired) electrons. The minimum Gasteiger partial charge on any atom is -0.455 e. The number of carbonyl (C=O) groups excluding carboxylic acids is 4. The Labute approximate surface area is 328 Å². The standard InChI is InChI=1S/C42H56N4O10/c1-10-25(2)34-38(48)43-31(23-28-19-21-30(22-20-28)46(52)53)37(47)44-36(41(5,6)51)39(49)55-35(29-17-12-11-13-18-29)27(4)16-14-15-26(3)32(54-9)24-33-42(7,56-33)40(50)45(34)8/h11-22,25,27,31-36,51H,10,23-24H2,1-9H3,(H,43,48)(H,44,47)/b16-14+,26-15+/t25-,27+,31+,32+,33-,34-,35-,36+,42+/m0/s1. The van der Waals surface area contributed by atoms with Gasteiger partial charge in [0.1, 0.15) is 18.2 Å². The van der Waals surface area contributed by atoms with E-state index in [1.165, 1.54) is 50.1 Å². The number of nitro groups is 1. The Morgan fingerprint density at radius 2 is 1.71 bits per heavy atom. The van der Waals surface area contributed by atoms with Crippen LogP contribution in [0.2, 0.25) is 0 Å². The van der Waals surface area contributed by atoms with Crippen molar-refractivity contribution in [2.45, 2.75) is 115 Å². The predicted molar refractivity (Wildman–Crippen MR) is 209 cm³/mol. The van der Waals surface area contributed by atoms with E-state index in [4.69, 9.17) is 14.2 Å². The predicted octanol–water partition coefficient (Wildman–Crippen LogP) is 4.75.